The quantitative estimate of drug-likeness (QED) is 0.283. The number of nitrogens with zero attached hydrogens (tertiary/aromatic N) is 5. The number of aromatic nitrogens is 4. The maximum absolute atomic E-state index is 10.9. The molecule has 2 heterocycles. The number of fused-ring (bicyclic) bond motifs is 1. The zero-order chi connectivity index (χ0) is 23.4. The fourth-order valence-corrected chi connectivity index (χ4v) is 4.61. The summed E-state index contributed by atoms with van der Waals surface area (Å²) in [4.78, 5) is 28.6. The maximum Gasteiger partial charge on any atom is 0.234 e. The minimum absolute atomic E-state index is 0.0472. The predicted octanol–water partition coefficient (Wildman–Crippen LogP) is 4.66. The molecule has 0 bridgehead atoms. The van der Waals surface area contributed by atoms with E-state index in [-0.39, 0.29) is 11.7 Å². The lowest BCUT2D eigenvalue weighted by Crippen LogP contribution is -2.20. The van der Waals surface area contributed by atoms with Gasteiger partial charge in [0, 0.05) is 23.7 Å². The standard InChI is InChI=1S/C24H30ClN7O/c1-3-11-27-24-31-22-20(32(24)13-16-9-7-15(2)8-10-16)19(17-5-4-6-18(25)12-17)29-23(30-22)21(26)28-14-33/h4-6,12,14-16H,3,7-11,13H2,1-2H3,(H2,26,28,33)(H,27,29,30,31). The van der Waals surface area contributed by atoms with Crippen molar-refractivity contribution in [2.24, 2.45) is 22.6 Å². The van der Waals surface area contributed by atoms with Crippen molar-refractivity contribution < 1.29 is 4.79 Å². The van der Waals surface area contributed by atoms with Gasteiger partial charge in [0.25, 0.3) is 0 Å². The lowest BCUT2D eigenvalue weighted by Gasteiger charge is -2.27. The van der Waals surface area contributed by atoms with Crippen LogP contribution in [0.1, 0.15) is 51.8 Å². The van der Waals surface area contributed by atoms with E-state index in [1.807, 2.05) is 24.3 Å². The molecule has 1 saturated carbocycles. The van der Waals surface area contributed by atoms with Gasteiger partial charge in [-0.3, -0.25) is 4.79 Å². The van der Waals surface area contributed by atoms with Crippen molar-refractivity contribution in [3.05, 3.63) is 35.1 Å². The van der Waals surface area contributed by atoms with Crippen molar-refractivity contribution in [1.82, 2.24) is 19.5 Å². The van der Waals surface area contributed by atoms with E-state index in [2.05, 4.69) is 33.7 Å². The molecule has 1 fully saturated rings. The Morgan fingerprint density at radius 2 is 2.06 bits per heavy atom. The maximum atomic E-state index is 10.9. The average Bonchev–Trinajstić information content (AvgIpc) is 3.15. The van der Waals surface area contributed by atoms with E-state index in [0.717, 1.165) is 42.5 Å². The summed E-state index contributed by atoms with van der Waals surface area (Å²) in [5, 5.41) is 4.06. The molecule has 9 heteroatoms. The highest BCUT2D eigenvalue weighted by atomic mass is 35.5. The molecule has 2 aromatic heterocycles. The lowest BCUT2D eigenvalue weighted by atomic mass is 9.83. The summed E-state index contributed by atoms with van der Waals surface area (Å²) in [5.41, 5.74) is 8.82. The molecule has 0 unspecified atom stereocenters. The van der Waals surface area contributed by atoms with Crippen molar-refractivity contribution in [2.45, 2.75) is 52.5 Å². The normalized spacial score (nSPS) is 19.1. The molecular weight excluding hydrogens is 438 g/mol. The summed E-state index contributed by atoms with van der Waals surface area (Å²) in [7, 11) is 0. The van der Waals surface area contributed by atoms with Gasteiger partial charge in [-0.05, 0) is 43.2 Å². The van der Waals surface area contributed by atoms with Gasteiger partial charge in [-0.1, -0.05) is 50.4 Å². The molecule has 1 aromatic carbocycles. The van der Waals surface area contributed by atoms with Crippen LogP contribution in [0, 0.1) is 11.8 Å². The Morgan fingerprint density at radius 3 is 2.76 bits per heavy atom. The van der Waals surface area contributed by atoms with Gasteiger partial charge in [-0.25, -0.2) is 9.97 Å². The Labute approximate surface area is 198 Å². The number of nitrogens with two attached hydrogens (primary N) is 1. The second-order valence-electron chi connectivity index (χ2n) is 8.80. The highest BCUT2D eigenvalue weighted by Gasteiger charge is 2.25. The van der Waals surface area contributed by atoms with Crippen LogP contribution in [0.5, 0.6) is 0 Å². The van der Waals surface area contributed by atoms with E-state index >= 15 is 0 Å². The first kappa shape index (κ1) is 23.2. The molecule has 0 spiro atoms. The molecule has 1 aliphatic carbocycles. The second-order valence-corrected chi connectivity index (χ2v) is 9.23. The smallest absolute Gasteiger partial charge is 0.234 e. The Hall–Kier alpha value is -3.00. The van der Waals surface area contributed by atoms with Gasteiger partial charge in [0.2, 0.25) is 12.4 Å². The number of hydrogen-bond acceptors (Lipinski definition) is 5. The van der Waals surface area contributed by atoms with Crippen LogP contribution in [-0.4, -0.2) is 38.3 Å². The Balaban J connectivity index is 1.91. The number of anilines is 1. The van der Waals surface area contributed by atoms with Crippen LogP contribution in [0.4, 0.5) is 5.95 Å². The molecule has 0 aliphatic heterocycles. The van der Waals surface area contributed by atoms with Crippen molar-refractivity contribution in [3.8, 4) is 11.3 Å². The molecule has 3 aromatic rings. The van der Waals surface area contributed by atoms with Crippen LogP contribution in [0.3, 0.4) is 0 Å². The SMILES string of the molecule is CCCNc1nc2nc(C(N)=NC=O)nc(-c3cccc(Cl)c3)c2n1CC1CCC(C)CC1. The number of halogens is 1. The number of nitrogens with one attached hydrogen (secondary N) is 1. The Kier molecular flexibility index (Phi) is 7.23. The number of rotatable bonds is 8. The molecule has 0 atom stereocenters. The van der Waals surface area contributed by atoms with Crippen LogP contribution in [0.25, 0.3) is 22.4 Å². The minimum atomic E-state index is -0.0472. The zero-order valence-electron chi connectivity index (χ0n) is 19.1. The van der Waals surface area contributed by atoms with Gasteiger partial charge in [-0.2, -0.15) is 9.98 Å². The number of carbonyl (C=O) groups excluding carboxylic acids is 1. The monoisotopic (exact) mass is 467 g/mol. The molecule has 3 N–H and O–H groups in total. The first-order chi connectivity index (χ1) is 16.0. The molecular formula is C24H30ClN7O. The van der Waals surface area contributed by atoms with Crippen molar-refractivity contribution in [2.75, 3.05) is 11.9 Å². The molecule has 8 nitrogen and oxygen atoms in total. The number of benzene rings is 1. The first-order valence-electron chi connectivity index (χ1n) is 11.6. The predicted molar refractivity (Wildman–Crippen MR) is 132 cm³/mol. The van der Waals surface area contributed by atoms with Crippen molar-refractivity contribution in [1.29, 1.82) is 0 Å². The molecule has 1 amide bonds. The van der Waals surface area contributed by atoms with Gasteiger partial charge >= 0.3 is 0 Å². The summed E-state index contributed by atoms with van der Waals surface area (Å²) in [6, 6.07) is 7.51. The van der Waals surface area contributed by atoms with E-state index in [0.29, 0.717) is 28.7 Å². The zero-order valence-corrected chi connectivity index (χ0v) is 19.8. The summed E-state index contributed by atoms with van der Waals surface area (Å²) in [6.07, 6.45) is 6.24. The Bertz CT molecular complexity index is 1170. The van der Waals surface area contributed by atoms with E-state index in [1.54, 1.807) is 0 Å². The average molecular weight is 468 g/mol. The topological polar surface area (TPSA) is 111 Å². The van der Waals surface area contributed by atoms with Gasteiger partial charge in [0.05, 0.1) is 0 Å². The third kappa shape index (κ3) is 5.16. The first-order valence-corrected chi connectivity index (χ1v) is 11.9. The number of aliphatic imine (C=N–C) groups is 1. The van der Waals surface area contributed by atoms with Gasteiger partial charge in [-0.15, -0.1) is 0 Å². The molecule has 33 heavy (non-hydrogen) atoms. The number of amidine groups is 1. The van der Waals surface area contributed by atoms with Crippen LogP contribution in [0.2, 0.25) is 5.02 Å². The van der Waals surface area contributed by atoms with Gasteiger partial charge in [0.1, 0.15) is 11.2 Å². The fraction of sp³-hybridized carbons (Fsp3) is 0.458. The van der Waals surface area contributed by atoms with Crippen LogP contribution >= 0.6 is 11.6 Å². The van der Waals surface area contributed by atoms with Crippen LogP contribution in [0.15, 0.2) is 29.3 Å². The molecule has 1 aliphatic rings. The highest BCUT2D eigenvalue weighted by Crippen LogP contribution is 2.34. The summed E-state index contributed by atoms with van der Waals surface area (Å²) in [6.45, 7) is 6.08. The third-order valence-corrected chi connectivity index (χ3v) is 6.47. The number of imidazole rings is 1. The summed E-state index contributed by atoms with van der Waals surface area (Å²) >= 11 is 6.31. The van der Waals surface area contributed by atoms with E-state index in [9.17, 15) is 4.79 Å². The second kappa shape index (κ2) is 10.3. The molecule has 0 radical (unpaired) electrons. The molecule has 0 saturated heterocycles. The number of carbonyl (C=O) groups is 1. The van der Waals surface area contributed by atoms with Crippen LogP contribution < -0.4 is 11.1 Å². The minimum Gasteiger partial charge on any atom is -0.380 e. The van der Waals surface area contributed by atoms with Gasteiger partial charge < -0.3 is 15.6 Å². The van der Waals surface area contributed by atoms with E-state index < -0.39 is 0 Å². The van der Waals surface area contributed by atoms with Crippen molar-refractivity contribution in [3.63, 3.8) is 0 Å². The fourth-order valence-electron chi connectivity index (χ4n) is 4.42. The number of amides is 1. The molecule has 174 valence electrons. The lowest BCUT2D eigenvalue weighted by molar-refractivity contribution is -0.106. The van der Waals surface area contributed by atoms with Crippen molar-refractivity contribution >= 4 is 41.0 Å². The number of hydrogen-bond donors (Lipinski definition) is 2. The van der Waals surface area contributed by atoms with Gasteiger partial charge in [0.15, 0.2) is 17.3 Å². The van der Waals surface area contributed by atoms with Crippen LogP contribution in [-0.2, 0) is 11.3 Å². The van der Waals surface area contributed by atoms with E-state index in [4.69, 9.17) is 27.3 Å². The summed E-state index contributed by atoms with van der Waals surface area (Å²) in [5.74, 6) is 2.24. The largest absolute Gasteiger partial charge is 0.380 e. The Morgan fingerprint density at radius 1 is 1.27 bits per heavy atom. The van der Waals surface area contributed by atoms with E-state index in [1.165, 1.54) is 25.7 Å². The molecule has 4 rings (SSSR count). The summed E-state index contributed by atoms with van der Waals surface area (Å²) < 4.78 is 2.21. The highest BCUT2D eigenvalue weighted by molar-refractivity contribution is 6.30. The third-order valence-electron chi connectivity index (χ3n) is 6.23.